The molecule has 0 spiro atoms. The first kappa shape index (κ1) is 11.9. The molecule has 1 unspecified atom stereocenters. The van der Waals surface area contributed by atoms with Gasteiger partial charge in [0.25, 0.3) is 0 Å². The fraction of sp³-hybridized carbons (Fsp3) is 0.778. The third-order valence-electron chi connectivity index (χ3n) is 2.26. The van der Waals surface area contributed by atoms with E-state index in [9.17, 15) is 9.59 Å². The van der Waals surface area contributed by atoms with E-state index in [0.717, 1.165) is 12.8 Å². The summed E-state index contributed by atoms with van der Waals surface area (Å²) in [6.07, 6.45) is 1.83. The first-order valence-electron chi connectivity index (χ1n) is 4.92. The van der Waals surface area contributed by atoms with E-state index in [-0.39, 0.29) is 18.6 Å². The smallest absolute Gasteiger partial charge is 0.329 e. The lowest BCUT2D eigenvalue weighted by Crippen LogP contribution is -2.47. The maximum absolute atomic E-state index is 11.5. The predicted octanol–water partition coefficient (Wildman–Crippen LogP) is -0.963. The van der Waals surface area contributed by atoms with Crippen molar-refractivity contribution >= 4 is 11.9 Å². The molecule has 3 N–H and O–H groups in total. The minimum Gasteiger partial charge on any atom is -0.480 e. The highest BCUT2D eigenvalue weighted by molar-refractivity contribution is 5.78. The van der Waals surface area contributed by atoms with Gasteiger partial charge >= 0.3 is 5.97 Å². The second-order valence-corrected chi connectivity index (χ2v) is 3.63. The average Bonchev–Trinajstić information content (AvgIpc) is 2.17. The molecule has 0 aromatic rings. The molecule has 6 nitrogen and oxygen atoms in total. The number of nitrogens with zero attached hydrogens (tertiary/aromatic N) is 1. The first-order chi connectivity index (χ1) is 7.09. The summed E-state index contributed by atoms with van der Waals surface area (Å²) in [5.41, 5.74) is 5.71. The van der Waals surface area contributed by atoms with Crippen molar-refractivity contribution in [3.8, 4) is 0 Å². The number of carbonyl (C=O) groups excluding carboxylic acids is 1. The largest absolute Gasteiger partial charge is 0.480 e. The molecule has 1 heterocycles. The van der Waals surface area contributed by atoms with Crippen LogP contribution in [0.25, 0.3) is 0 Å². The zero-order chi connectivity index (χ0) is 11.3. The number of rotatable bonds is 4. The van der Waals surface area contributed by atoms with E-state index in [1.165, 1.54) is 0 Å². The molecule has 1 rings (SSSR count). The van der Waals surface area contributed by atoms with Gasteiger partial charge in [-0.15, -0.1) is 0 Å². The molecule has 0 saturated carbocycles. The van der Waals surface area contributed by atoms with E-state index >= 15 is 0 Å². The molecule has 6 heteroatoms. The number of carboxylic acids is 1. The SMILES string of the molecule is NC1CCCN(C(=O)COCC(=O)O)C1. The van der Waals surface area contributed by atoms with Crippen LogP contribution in [0.15, 0.2) is 0 Å². The molecule has 1 aliphatic rings. The van der Waals surface area contributed by atoms with Crippen molar-refractivity contribution in [2.24, 2.45) is 5.73 Å². The molecule has 0 aromatic heterocycles. The first-order valence-corrected chi connectivity index (χ1v) is 4.92. The Morgan fingerprint density at radius 3 is 2.80 bits per heavy atom. The Balaban J connectivity index is 2.24. The van der Waals surface area contributed by atoms with Crippen LogP contribution in [0, 0.1) is 0 Å². The Hall–Kier alpha value is -1.14. The summed E-state index contributed by atoms with van der Waals surface area (Å²) in [6, 6.07) is 0.0298. The molecule has 1 amide bonds. The highest BCUT2D eigenvalue weighted by Crippen LogP contribution is 2.08. The summed E-state index contributed by atoms with van der Waals surface area (Å²) in [5, 5.41) is 8.31. The summed E-state index contributed by atoms with van der Waals surface area (Å²) in [7, 11) is 0. The van der Waals surface area contributed by atoms with Crippen molar-refractivity contribution in [1.82, 2.24) is 4.90 Å². The van der Waals surface area contributed by atoms with E-state index in [2.05, 4.69) is 0 Å². The Bertz CT molecular complexity index is 244. The Morgan fingerprint density at radius 1 is 1.47 bits per heavy atom. The molecule has 1 fully saturated rings. The molecule has 1 atom stereocenters. The Kier molecular flexibility index (Phi) is 4.51. The fourth-order valence-electron chi connectivity index (χ4n) is 1.55. The van der Waals surface area contributed by atoms with Gasteiger partial charge in [0.05, 0.1) is 0 Å². The molecule has 0 aromatic carbocycles. The van der Waals surface area contributed by atoms with Crippen LogP contribution in [0.5, 0.6) is 0 Å². The quantitative estimate of drug-likeness (QED) is 0.631. The predicted molar refractivity (Wildman–Crippen MR) is 52.2 cm³/mol. The highest BCUT2D eigenvalue weighted by atomic mass is 16.5. The van der Waals surface area contributed by atoms with E-state index in [4.69, 9.17) is 15.6 Å². The average molecular weight is 216 g/mol. The second kappa shape index (κ2) is 5.67. The summed E-state index contributed by atoms with van der Waals surface area (Å²) in [4.78, 5) is 23.2. The third-order valence-corrected chi connectivity index (χ3v) is 2.26. The number of piperidine rings is 1. The van der Waals surface area contributed by atoms with E-state index < -0.39 is 12.6 Å². The Morgan fingerprint density at radius 2 is 2.20 bits per heavy atom. The molecule has 0 bridgehead atoms. The maximum Gasteiger partial charge on any atom is 0.329 e. The maximum atomic E-state index is 11.5. The van der Waals surface area contributed by atoms with Gasteiger partial charge in [-0.2, -0.15) is 0 Å². The molecule has 1 saturated heterocycles. The van der Waals surface area contributed by atoms with Crippen LogP contribution >= 0.6 is 0 Å². The lowest BCUT2D eigenvalue weighted by molar-refractivity contribution is -0.146. The number of amides is 1. The summed E-state index contributed by atoms with van der Waals surface area (Å²) in [6.45, 7) is 0.600. The van der Waals surface area contributed by atoms with Crippen molar-refractivity contribution in [2.75, 3.05) is 26.3 Å². The van der Waals surface area contributed by atoms with Gasteiger partial charge in [-0.05, 0) is 12.8 Å². The molecule has 0 radical (unpaired) electrons. The van der Waals surface area contributed by atoms with Gasteiger partial charge in [0.1, 0.15) is 13.2 Å². The second-order valence-electron chi connectivity index (χ2n) is 3.63. The molecule has 15 heavy (non-hydrogen) atoms. The third kappa shape index (κ3) is 4.26. The minimum atomic E-state index is -1.07. The molecule has 0 aliphatic carbocycles. The number of hydrogen-bond donors (Lipinski definition) is 2. The molecule has 86 valence electrons. The zero-order valence-corrected chi connectivity index (χ0v) is 8.52. The van der Waals surface area contributed by atoms with Crippen molar-refractivity contribution in [1.29, 1.82) is 0 Å². The van der Waals surface area contributed by atoms with Crippen LogP contribution < -0.4 is 5.73 Å². The van der Waals surface area contributed by atoms with Crippen LogP contribution in [-0.4, -0.2) is 54.2 Å². The van der Waals surface area contributed by atoms with Crippen molar-refractivity contribution in [3.05, 3.63) is 0 Å². The monoisotopic (exact) mass is 216 g/mol. The number of hydrogen-bond acceptors (Lipinski definition) is 4. The number of carbonyl (C=O) groups is 2. The van der Waals surface area contributed by atoms with Gasteiger partial charge in [-0.1, -0.05) is 0 Å². The van der Waals surface area contributed by atoms with Crippen LogP contribution in [0.3, 0.4) is 0 Å². The zero-order valence-electron chi connectivity index (χ0n) is 8.52. The van der Waals surface area contributed by atoms with Crippen LogP contribution in [0.2, 0.25) is 0 Å². The van der Waals surface area contributed by atoms with E-state index in [1.807, 2.05) is 0 Å². The number of ether oxygens (including phenoxy) is 1. The lowest BCUT2D eigenvalue weighted by atomic mass is 10.1. The van der Waals surface area contributed by atoms with Crippen molar-refractivity contribution < 1.29 is 19.4 Å². The lowest BCUT2D eigenvalue weighted by Gasteiger charge is -2.30. The topological polar surface area (TPSA) is 92.9 Å². The molecule has 1 aliphatic heterocycles. The summed E-state index contributed by atoms with van der Waals surface area (Å²) < 4.78 is 4.71. The standard InChI is InChI=1S/C9H16N2O4/c10-7-2-1-3-11(4-7)8(12)5-15-6-9(13)14/h7H,1-6,10H2,(H,13,14). The number of aliphatic carboxylic acids is 1. The summed E-state index contributed by atoms with van der Waals surface area (Å²) >= 11 is 0. The van der Waals surface area contributed by atoms with Crippen LogP contribution in [0.1, 0.15) is 12.8 Å². The fourth-order valence-corrected chi connectivity index (χ4v) is 1.55. The minimum absolute atomic E-state index is 0.0298. The van der Waals surface area contributed by atoms with Gasteiger partial charge in [-0.25, -0.2) is 4.79 Å². The number of likely N-dealkylation sites (tertiary alicyclic amines) is 1. The Labute approximate surface area is 88.0 Å². The summed E-state index contributed by atoms with van der Waals surface area (Å²) in [5.74, 6) is -1.26. The van der Waals surface area contributed by atoms with Gasteiger partial charge < -0.3 is 20.5 Å². The van der Waals surface area contributed by atoms with Gasteiger partial charge in [0.2, 0.25) is 5.91 Å². The van der Waals surface area contributed by atoms with Crippen molar-refractivity contribution in [2.45, 2.75) is 18.9 Å². The van der Waals surface area contributed by atoms with Crippen molar-refractivity contribution in [3.63, 3.8) is 0 Å². The van der Waals surface area contributed by atoms with E-state index in [1.54, 1.807) is 4.90 Å². The molecular formula is C9H16N2O4. The highest BCUT2D eigenvalue weighted by Gasteiger charge is 2.21. The van der Waals surface area contributed by atoms with Gasteiger partial charge in [0.15, 0.2) is 0 Å². The molecular weight excluding hydrogens is 200 g/mol. The van der Waals surface area contributed by atoms with Crippen LogP contribution in [-0.2, 0) is 14.3 Å². The number of carboxylic acid groups (broad SMARTS) is 1. The van der Waals surface area contributed by atoms with Crippen LogP contribution in [0.4, 0.5) is 0 Å². The number of nitrogens with two attached hydrogens (primary N) is 1. The van der Waals surface area contributed by atoms with E-state index in [0.29, 0.717) is 13.1 Å². The van der Waals surface area contributed by atoms with Gasteiger partial charge in [0, 0.05) is 19.1 Å². The normalized spacial score (nSPS) is 21.4. The van der Waals surface area contributed by atoms with Gasteiger partial charge in [-0.3, -0.25) is 4.79 Å².